The highest BCUT2D eigenvalue weighted by molar-refractivity contribution is 6.25. The molecule has 0 radical (unpaired) electrons. The third-order valence-corrected chi connectivity index (χ3v) is 5.55. The highest BCUT2D eigenvalue weighted by Crippen LogP contribution is 2.39. The number of benzene rings is 2. The van der Waals surface area contributed by atoms with E-state index in [0.29, 0.717) is 35.6 Å². The summed E-state index contributed by atoms with van der Waals surface area (Å²) in [7, 11) is 0. The summed E-state index contributed by atoms with van der Waals surface area (Å²) in [6.45, 7) is 0.340. The molecule has 0 spiro atoms. The topological polar surface area (TPSA) is 79.8 Å². The van der Waals surface area contributed by atoms with E-state index >= 15 is 0 Å². The van der Waals surface area contributed by atoms with Crippen molar-refractivity contribution in [3.8, 4) is 0 Å². The van der Waals surface area contributed by atoms with Gasteiger partial charge in [-0.2, -0.15) is 0 Å². The Morgan fingerprint density at radius 1 is 0.903 bits per heavy atom. The Hall–Kier alpha value is -4.00. The third kappa shape index (κ3) is 3.34. The van der Waals surface area contributed by atoms with Crippen molar-refractivity contribution in [2.45, 2.75) is 18.6 Å². The molecule has 1 aromatic heterocycles. The molecular weight excluding hydrogens is 394 g/mol. The molecular formula is C24H19N3O4. The number of esters is 1. The van der Waals surface area contributed by atoms with Crippen molar-refractivity contribution in [2.24, 2.45) is 0 Å². The number of hydrogen-bond donors (Lipinski definition) is 0. The molecule has 2 unspecified atom stereocenters. The van der Waals surface area contributed by atoms with Crippen LogP contribution in [0.5, 0.6) is 0 Å². The van der Waals surface area contributed by atoms with Crippen LogP contribution in [0.15, 0.2) is 79.0 Å². The lowest BCUT2D eigenvalue weighted by Gasteiger charge is -2.36. The molecule has 2 atom stereocenters. The van der Waals surface area contributed by atoms with Gasteiger partial charge in [0, 0.05) is 18.2 Å². The van der Waals surface area contributed by atoms with Gasteiger partial charge in [-0.15, -0.1) is 0 Å². The van der Waals surface area contributed by atoms with E-state index in [2.05, 4.69) is 4.98 Å². The number of anilines is 2. The maximum Gasteiger partial charge on any atom is 0.338 e. The lowest BCUT2D eigenvalue weighted by atomic mass is 10.1. The molecule has 3 heterocycles. The smallest absolute Gasteiger partial charge is 0.338 e. The molecule has 1 fully saturated rings. The van der Waals surface area contributed by atoms with Crippen LogP contribution in [0, 0.1) is 0 Å². The van der Waals surface area contributed by atoms with Crippen molar-refractivity contribution < 1.29 is 19.1 Å². The molecule has 1 saturated heterocycles. The number of fused-ring (bicyclic) bond motifs is 3. The summed E-state index contributed by atoms with van der Waals surface area (Å²) >= 11 is 0. The van der Waals surface area contributed by atoms with Gasteiger partial charge in [0.2, 0.25) is 0 Å². The molecule has 0 N–H and O–H groups in total. The number of aromatic nitrogens is 1. The second-order valence-electron chi connectivity index (χ2n) is 7.49. The maximum absolute atomic E-state index is 13.4. The normalized spacial score (nSPS) is 19.5. The van der Waals surface area contributed by atoms with Crippen LogP contribution in [-0.4, -0.2) is 41.5 Å². The number of carbonyl (C=O) groups is 3. The van der Waals surface area contributed by atoms with Gasteiger partial charge in [-0.1, -0.05) is 36.4 Å². The minimum absolute atomic E-state index is 0.298. The first-order chi connectivity index (χ1) is 15.1. The van der Waals surface area contributed by atoms with E-state index in [1.165, 1.54) is 4.90 Å². The minimum atomic E-state index is -0.622. The Morgan fingerprint density at radius 3 is 2.29 bits per heavy atom. The highest BCUT2D eigenvalue weighted by atomic mass is 16.5. The first-order valence-electron chi connectivity index (χ1n) is 10.0. The number of ether oxygens (including phenoxy) is 1. The van der Waals surface area contributed by atoms with Crippen LogP contribution in [0.4, 0.5) is 11.5 Å². The van der Waals surface area contributed by atoms with E-state index in [1.54, 1.807) is 66.9 Å². The SMILES string of the molecule is O=C(OC1CC2C(=O)N(C(=O)c3ccccc3)c3cccnc3N2C1)c1ccccc1. The van der Waals surface area contributed by atoms with Gasteiger partial charge in [-0.05, 0) is 36.4 Å². The van der Waals surface area contributed by atoms with Gasteiger partial charge in [0.05, 0.1) is 17.8 Å². The Labute approximate surface area is 178 Å². The summed E-state index contributed by atoms with van der Waals surface area (Å²) in [5.41, 5.74) is 1.31. The minimum Gasteiger partial charge on any atom is -0.457 e. The van der Waals surface area contributed by atoms with Gasteiger partial charge in [-0.3, -0.25) is 9.59 Å². The van der Waals surface area contributed by atoms with Gasteiger partial charge in [-0.25, -0.2) is 14.7 Å². The maximum atomic E-state index is 13.4. The van der Waals surface area contributed by atoms with Gasteiger partial charge >= 0.3 is 5.97 Å². The fourth-order valence-electron chi connectivity index (χ4n) is 4.12. The van der Waals surface area contributed by atoms with E-state index in [-0.39, 0.29) is 5.91 Å². The summed E-state index contributed by atoms with van der Waals surface area (Å²) in [6.07, 6.45) is 1.44. The van der Waals surface area contributed by atoms with Crippen LogP contribution in [0.1, 0.15) is 27.1 Å². The monoisotopic (exact) mass is 413 g/mol. The Kier molecular flexibility index (Phi) is 4.71. The second kappa shape index (κ2) is 7.68. The van der Waals surface area contributed by atoms with Crippen LogP contribution < -0.4 is 9.80 Å². The third-order valence-electron chi connectivity index (χ3n) is 5.55. The first-order valence-corrected chi connectivity index (χ1v) is 10.0. The van der Waals surface area contributed by atoms with Gasteiger partial charge in [0.15, 0.2) is 5.82 Å². The lowest BCUT2D eigenvalue weighted by Crippen LogP contribution is -2.53. The molecule has 7 heteroatoms. The first kappa shape index (κ1) is 19.0. The van der Waals surface area contributed by atoms with Crippen molar-refractivity contribution in [3.05, 3.63) is 90.1 Å². The average Bonchev–Trinajstić information content (AvgIpc) is 3.24. The zero-order valence-corrected chi connectivity index (χ0v) is 16.5. The highest BCUT2D eigenvalue weighted by Gasteiger charge is 2.48. The summed E-state index contributed by atoms with van der Waals surface area (Å²) in [6, 6.07) is 20.2. The molecule has 0 saturated carbocycles. The summed E-state index contributed by atoms with van der Waals surface area (Å²) in [5, 5.41) is 0. The van der Waals surface area contributed by atoms with Gasteiger partial charge in [0.25, 0.3) is 11.8 Å². The van der Waals surface area contributed by atoms with Crippen molar-refractivity contribution in [2.75, 3.05) is 16.3 Å². The molecule has 0 aliphatic carbocycles. The second-order valence-corrected chi connectivity index (χ2v) is 7.49. The van der Waals surface area contributed by atoms with Crippen molar-refractivity contribution >= 4 is 29.3 Å². The van der Waals surface area contributed by atoms with Crippen molar-refractivity contribution in [1.82, 2.24) is 4.98 Å². The molecule has 2 aromatic carbocycles. The van der Waals surface area contributed by atoms with Gasteiger partial charge in [0.1, 0.15) is 12.1 Å². The van der Waals surface area contributed by atoms with Crippen LogP contribution in [-0.2, 0) is 9.53 Å². The van der Waals surface area contributed by atoms with Crippen LogP contribution in [0.25, 0.3) is 0 Å². The zero-order valence-electron chi connectivity index (χ0n) is 16.5. The number of amides is 2. The van der Waals surface area contributed by atoms with Crippen molar-refractivity contribution in [1.29, 1.82) is 0 Å². The molecule has 154 valence electrons. The lowest BCUT2D eigenvalue weighted by molar-refractivity contribution is -0.119. The predicted molar refractivity (Wildman–Crippen MR) is 114 cm³/mol. The van der Waals surface area contributed by atoms with E-state index < -0.39 is 24.0 Å². The molecule has 31 heavy (non-hydrogen) atoms. The van der Waals surface area contributed by atoms with E-state index in [9.17, 15) is 14.4 Å². The predicted octanol–water partition coefficient (Wildman–Crippen LogP) is 3.07. The van der Waals surface area contributed by atoms with Gasteiger partial charge < -0.3 is 9.64 Å². The number of pyridine rings is 1. The van der Waals surface area contributed by atoms with Crippen LogP contribution in [0.3, 0.4) is 0 Å². The molecule has 2 amide bonds. The van der Waals surface area contributed by atoms with E-state index in [0.717, 1.165) is 0 Å². The average molecular weight is 413 g/mol. The summed E-state index contributed by atoms with van der Waals surface area (Å²) in [5.74, 6) is -0.636. The fourth-order valence-corrected chi connectivity index (χ4v) is 4.12. The standard InChI is InChI=1S/C24H19N3O4/c28-22(16-8-3-1-4-9-16)27-19-12-7-13-25-21(19)26-15-18(14-20(26)23(27)29)31-24(30)17-10-5-2-6-11-17/h1-13,18,20H,14-15H2. The number of hydrogen-bond acceptors (Lipinski definition) is 6. The molecule has 2 aliphatic heterocycles. The number of nitrogens with zero attached hydrogens (tertiary/aromatic N) is 3. The Bertz CT molecular complexity index is 1150. The molecule has 0 bridgehead atoms. The zero-order chi connectivity index (χ0) is 21.4. The summed E-state index contributed by atoms with van der Waals surface area (Å²) in [4.78, 5) is 46.5. The van der Waals surface area contributed by atoms with Crippen molar-refractivity contribution in [3.63, 3.8) is 0 Å². The van der Waals surface area contributed by atoms with Crippen LogP contribution >= 0.6 is 0 Å². The quantitative estimate of drug-likeness (QED) is 0.485. The largest absolute Gasteiger partial charge is 0.457 e. The molecule has 5 rings (SSSR count). The van der Waals surface area contributed by atoms with E-state index in [4.69, 9.17) is 4.74 Å². The molecule has 3 aromatic rings. The fraction of sp³-hybridized carbons (Fsp3) is 0.167. The molecule has 7 nitrogen and oxygen atoms in total. The summed E-state index contributed by atoms with van der Waals surface area (Å²) < 4.78 is 5.67. The van der Waals surface area contributed by atoms with E-state index in [1.807, 2.05) is 17.0 Å². The Morgan fingerprint density at radius 2 is 1.58 bits per heavy atom. The van der Waals surface area contributed by atoms with Crippen LogP contribution in [0.2, 0.25) is 0 Å². The number of carbonyl (C=O) groups excluding carboxylic acids is 3. The number of imide groups is 1. The number of rotatable bonds is 3. The molecule has 2 aliphatic rings. The Balaban J connectivity index is 1.44.